The Balaban J connectivity index is 3.01. The summed E-state index contributed by atoms with van der Waals surface area (Å²) in [7, 11) is 0. The molecule has 0 saturated carbocycles. The molecule has 5 heteroatoms. The van der Waals surface area contributed by atoms with Gasteiger partial charge in [-0.3, -0.25) is 4.98 Å². The van der Waals surface area contributed by atoms with Crippen molar-refractivity contribution in [2.45, 2.75) is 6.04 Å². The topological polar surface area (TPSA) is 59.1 Å². The predicted octanol–water partition coefficient (Wildman–Crippen LogP) is 0.975. The van der Waals surface area contributed by atoms with Crippen molar-refractivity contribution in [3.63, 3.8) is 0 Å². The van der Waals surface area contributed by atoms with Gasteiger partial charge in [0.25, 0.3) is 0 Å². The van der Waals surface area contributed by atoms with Crippen molar-refractivity contribution in [3.8, 4) is 0 Å². The van der Waals surface area contributed by atoms with Gasteiger partial charge < -0.3 is 10.8 Å². The summed E-state index contributed by atoms with van der Waals surface area (Å²) in [6.45, 7) is -0.314. The van der Waals surface area contributed by atoms with Gasteiger partial charge in [0.2, 0.25) is 0 Å². The van der Waals surface area contributed by atoms with Crippen molar-refractivity contribution in [2.24, 2.45) is 5.73 Å². The van der Waals surface area contributed by atoms with Crippen LogP contribution in [0.5, 0.6) is 0 Å². The second-order valence-electron chi connectivity index (χ2n) is 2.31. The average molecular weight is 235 g/mol. The van der Waals surface area contributed by atoms with E-state index < -0.39 is 11.9 Å². The summed E-state index contributed by atoms with van der Waals surface area (Å²) in [4.78, 5) is 3.74. The summed E-state index contributed by atoms with van der Waals surface area (Å²) in [6, 6.07) is 0.510. The molecule has 1 heterocycles. The van der Waals surface area contributed by atoms with Crippen molar-refractivity contribution in [1.29, 1.82) is 0 Å². The quantitative estimate of drug-likeness (QED) is 0.803. The zero-order valence-corrected chi connectivity index (χ0v) is 7.75. The smallest absolute Gasteiger partial charge is 0.147 e. The third-order valence-corrected chi connectivity index (χ3v) is 1.82. The largest absolute Gasteiger partial charge is 0.394 e. The maximum Gasteiger partial charge on any atom is 0.147 e. The molecule has 0 aliphatic rings. The highest BCUT2D eigenvalue weighted by atomic mass is 79.9. The van der Waals surface area contributed by atoms with Crippen LogP contribution in [0.2, 0.25) is 0 Å². The van der Waals surface area contributed by atoms with Gasteiger partial charge in [0.05, 0.1) is 18.3 Å². The Hall–Kier alpha value is -0.520. The third-order valence-electron chi connectivity index (χ3n) is 1.38. The van der Waals surface area contributed by atoms with E-state index in [2.05, 4.69) is 20.9 Å². The van der Waals surface area contributed by atoms with Crippen molar-refractivity contribution in [2.75, 3.05) is 6.61 Å². The highest BCUT2D eigenvalue weighted by molar-refractivity contribution is 9.10. The molecule has 3 N–H and O–H groups in total. The van der Waals surface area contributed by atoms with Gasteiger partial charge >= 0.3 is 0 Å². The minimum absolute atomic E-state index is 0.0840. The zero-order chi connectivity index (χ0) is 9.14. The number of nitrogens with two attached hydrogens (primary N) is 1. The zero-order valence-electron chi connectivity index (χ0n) is 6.17. The molecule has 1 aromatic rings. The molecule has 0 aliphatic heterocycles. The Labute approximate surface area is 77.5 Å². The fourth-order valence-electron chi connectivity index (χ4n) is 0.784. The van der Waals surface area contributed by atoms with Gasteiger partial charge in [-0.1, -0.05) is 0 Å². The van der Waals surface area contributed by atoms with E-state index in [0.29, 0.717) is 4.47 Å². The van der Waals surface area contributed by atoms with Gasteiger partial charge in [0.1, 0.15) is 5.82 Å². The van der Waals surface area contributed by atoms with Crippen LogP contribution in [0.1, 0.15) is 11.7 Å². The highest BCUT2D eigenvalue weighted by Gasteiger charge is 2.11. The van der Waals surface area contributed by atoms with E-state index in [1.807, 2.05) is 0 Å². The molecule has 66 valence electrons. The first-order chi connectivity index (χ1) is 5.65. The van der Waals surface area contributed by atoms with Crippen molar-refractivity contribution in [1.82, 2.24) is 4.98 Å². The van der Waals surface area contributed by atoms with E-state index in [4.69, 9.17) is 10.8 Å². The lowest BCUT2D eigenvalue weighted by atomic mass is 10.2. The minimum atomic E-state index is -0.752. The van der Waals surface area contributed by atoms with Crippen molar-refractivity contribution in [3.05, 3.63) is 28.2 Å². The summed E-state index contributed by atoms with van der Waals surface area (Å²) >= 11 is 3.06. The van der Waals surface area contributed by atoms with Gasteiger partial charge in [-0.05, 0) is 22.0 Å². The predicted molar refractivity (Wildman–Crippen MR) is 45.9 cm³/mol. The summed E-state index contributed by atoms with van der Waals surface area (Å²) in [6.07, 6.45) is 1.44. The van der Waals surface area contributed by atoms with Gasteiger partial charge in [-0.2, -0.15) is 0 Å². The Bertz CT molecular complexity index is 282. The number of nitrogens with zero attached hydrogens (tertiary/aromatic N) is 1. The fourth-order valence-corrected chi connectivity index (χ4v) is 1.09. The molecular weight excluding hydrogens is 227 g/mol. The second-order valence-corrected chi connectivity index (χ2v) is 3.23. The summed E-state index contributed by atoms with van der Waals surface area (Å²) < 4.78 is 13.6. The highest BCUT2D eigenvalue weighted by Crippen LogP contribution is 2.16. The van der Waals surface area contributed by atoms with E-state index >= 15 is 0 Å². The molecule has 12 heavy (non-hydrogen) atoms. The van der Waals surface area contributed by atoms with E-state index in [-0.39, 0.29) is 12.3 Å². The van der Waals surface area contributed by atoms with E-state index in [0.717, 1.165) is 0 Å². The molecule has 0 bridgehead atoms. The Morgan fingerprint density at radius 1 is 1.75 bits per heavy atom. The molecule has 0 radical (unpaired) electrons. The lowest BCUT2D eigenvalue weighted by molar-refractivity contribution is 0.262. The molecule has 0 saturated heterocycles. The van der Waals surface area contributed by atoms with Crippen molar-refractivity contribution >= 4 is 15.9 Å². The number of aliphatic hydroxyl groups is 1. The molecule has 0 spiro atoms. The summed E-state index contributed by atoms with van der Waals surface area (Å²) in [5, 5.41) is 8.64. The van der Waals surface area contributed by atoms with Crippen LogP contribution in [-0.4, -0.2) is 16.7 Å². The summed E-state index contributed by atoms with van der Waals surface area (Å²) in [5.41, 5.74) is 5.46. The fraction of sp³-hybridized carbons (Fsp3) is 0.286. The Kier molecular flexibility index (Phi) is 3.13. The maximum absolute atomic E-state index is 13.0. The lowest BCUT2D eigenvalue weighted by Crippen LogP contribution is -2.17. The number of halogens is 2. The van der Waals surface area contributed by atoms with E-state index in [1.165, 1.54) is 12.3 Å². The van der Waals surface area contributed by atoms with Crippen LogP contribution in [-0.2, 0) is 0 Å². The first-order valence-electron chi connectivity index (χ1n) is 3.32. The number of aliphatic hydroxyl groups excluding tert-OH is 1. The van der Waals surface area contributed by atoms with Crippen LogP contribution >= 0.6 is 15.9 Å². The SMILES string of the molecule is NC(CO)c1ncc(Br)cc1F. The van der Waals surface area contributed by atoms with Crippen LogP contribution in [0.3, 0.4) is 0 Å². The molecule has 1 aromatic heterocycles. The van der Waals surface area contributed by atoms with Crippen LogP contribution < -0.4 is 5.73 Å². The first-order valence-corrected chi connectivity index (χ1v) is 4.12. The molecule has 3 nitrogen and oxygen atoms in total. The standard InChI is InChI=1S/C7H8BrFN2O/c8-4-1-5(9)7(11-2-4)6(10)3-12/h1-2,6,12H,3,10H2. The van der Waals surface area contributed by atoms with Crippen LogP contribution in [0.4, 0.5) is 4.39 Å². The van der Waals surface area contributed by atoms with E-state index in [1.54, 1.807) is 0 Å². The first kappa shape index (κ1) is 9.57. The molecule has 1 atom stereocenters. The molecule has 0 amide bonds. The lowest BCUT2D eigenvalue weighted by Gasteiger charge is -2.07. The molecule has 1 unspecified atom stereocenters. The van der Waals surface area contributed by atoms with E-state index in [9.17, 15) is 4.39 Å². The second kappa shape index (κ2) is 3.93. The summed E-state index contributed by atoms with van der Waals surface area (Å²) in [5.74, 6) is -0.508. The third kappa shape index (κ3) is 2.00. The number of hydrogen-bond acceptors (Lipinski definition) is 3. The molecule has 0 aromatic carbocycles. The monoisotopic (exact) mass is 234 g/mol. The maximum atomic E-state index is 13.0. The van der Waals surface area contributed by atoms with Crippen LogP contribution in [0.25, 0.3) is 0 Å². The minimum Gasteiger partial charge on any atom is -0.394 e. The number of hydrogen-bond donors (Lipinski definition) is 2. The van der Waals surface area contributed by atoms with Crippen LogP contribution in [0, 0.1) is 5.82 Å². The van der Waals surface area contributed by atoms with Crippen molar-refractivity contribution < 1.29 is 9.50 Å². The average Bonchev–Trinajstić information content (AvgIpc) is 2.03. The Morgan fingerprint density at radius 3 is 2.92 bits per heavy atom. The van der Waals surface area contributed by atoms with Crippen LogP contribution in [0.15, 0.2) is 16.7 Å². The molecule has 1 rings (SSSR count). The number of rotatable bonds is 2. The van der Waals surface area contributed by atoms with Gasteiger partial charge in [0, 0.05) is 10.7 Å². The van der Waals surface area contributed by atoms with Gasteiger partial charge in [-0.15, -0.1) is 0 Å². The number of aromatic nitrogens is 1. The normalized spacial score (nSPS) is 13.0. The molecule has 0 aliphatic carbocycles. The van der Waals surface area contributed by atoms with Gasteiger partial charge in [-0.25, -0.2) is 4.39 Å². The number of pyridine rings is 1. The Morgan fingerprint density at radius 2 is 2.42 bits per heavy atom. The molecular formula is C7H8BrFN2O. The molecule has 0 fully saturated rings. The van der Waals surface area contributed by atoms with Gasteiger partial charge in [0.15, 0.2) is 0 Å².